The molecule has 32 heavy (non-hydrogen) atoms. The number of benzene rings is 2. The van der Waals surface area contributed by atoms with Crippen molar-refractivity contribution in [1.82, 2.24) is 0 Å². The number of carbonyl (C=O) groups excluding carboxylic acids is 1. The molecular formula is C18H14F8N2O3S. The predicted molar refractivity (Wildman–Crippen MR) is 98.7 cm³/mol. The Hall–Kier alpha value is -3.05. The maximum absolute atomic E-state index is 13.2. The molecule has 0 saturated carbocycles. The van der Waals surface area contributed by atoms with Crippen molar-refractivity contribution in [3.05, 3.63) is 53.6 Å². The Labute approximate surface area is 175 Å². The van der Waals surface area contributed by atoms with E-state index in [4.69, 9.17) is 10.00 Å². The highest BCUT2D eigenvalue weighted by molar-refractivity contribution is 8.45. The SMILES string of the molecule is CC(O)(COc1cccc(S(F)(F)(F)(F)F)c1)C(=O)Nc1ccc(C#N)cc1C(F)(F)F. The Morgan fingerprint density at radius 3 is 2.28 bits per heavy atom. The normalized spacial score (nSPS) is 16.2. The van der Waals surface area contributed by atoms with Crippen LogP contribution in [0.15, 0.2) is 47.4 Å². The molecule has 0 aliphatic carbocycles. The van der Waals surface area contributed by atoms with E-state index in [9.17, 15) is 42.5 Å². The van der Waals surface area contributed by atoms with Gasteiger partial charge < -0.3 is 15.2 Å². The maximum Gasteiger partial charge on any atom is 0.418 e. The van der Waals surface area contributed by atoms with Crippen molar-refractivity contribution >= 4 is 21.8 Å². The number of anilines is 1. The van der Waals surface area contributed by atoms with Crippen LogP contribution < -0.4 is 10.1 Å². The van der Waals surface area contributed by atoms with Gasteiger partial charge in [-0.25, -0.2) is 0 Å². The highest BCUT2D eigenvalue weighted by Gasteiger charge is 2.65. The van der Waals surface area contributed by atoms with E-state index in [-0.39, 0.29) is 17.7 Å². The van der Waals surface area contributed by atoms with Gasteiger partial charge >= 0.3 is 16.4 Å². The van der Waals surface area contributed by atoms with Crippen molar-refractivity contribution in [1.29, 1.82) is 5.26 Å². The van der Waals surface area contributed by atoms with Gasteiger partial charge in [-0.05, 0) is 37.3 Å². The van der Waals surface area contributed by atoms with Gasteiger partial charge in [-0.2, -0.15) is 18.4 Å². The van der Waals surface area contributed by atoms with E-state index in [0.29, 0.717) is 12.1 Å². The van der Waals surface area contributed by atoms with Crippen LogP contribution in [0.2, 0.25) is 0 Å². The summed E-state index contributed by atoms with van der Waals surface area (Å²) in [5.41, 5.74) is -5.12. The fraction of sp³-hybridized carbons (Fsp3) is 0.222. The van der Waals surface area contributed by atoms with Gasteiger partial charge in [0.2, 0.25) is 0 Å². The van der Waals surface area contributed by atoms with Crippen LogP contribution in [-0.4, -0.2) is 23.2 Å². The first-order valence-corrected chi connectivity index (χ1v) is 10.3. The van der Waals surface area contributed by atoms with Crippen LogP contribution in [0.5, 0.6) is 5.75 Å². The molecule has 2 rings (SSSR count). The van der Waals surface area contributed by atoms with Crippen LogP contribution in [0, 0.1) is 11.3 Å². The summed E-state index contributed by atoms with van der Waals surface area (Å²) >= 11 is 0. The van der Waals surface area contributed by atoms with Crippen molar-refractivity contribution in [2.45, 2.75) is 23.6 Å². The third kappa shape index (κ3) is 6.24. The highest BCUT2D eigenvalue weighted by Crippen LogP contribution is 3.02. The molecule has 5 nitrogen and oxygen atoms in total. The molecule has 0 aromatic heterocycles. The van der Waals surface area contributed by atoms with Crippen LogP contribution >= 0.6 is 10.2 Å². The average molecular weight is 490 g/mol. The number of ether oxygens (including phenoxy) is 1. The summed E-state index contributed by atoms with van der Waals surface area (Å²) in [5.74, 6) is -2.20. The number of aliphatic hydroxyl groups is 1. The molecule has 176 valence electrons. The summed E-state index contributed by atoms with van der Waals surface area (Å²) in [6.07, 6.45) is -4.97. The van der Waals surface area contributed by atoms with E-state index in [1.807, 2.05) is 0 Å². The molecule has 0 bridgehead atoms. The van der Waals surface area contributed by atoms with Crippen LogP contribution in [0.4, 0.5) is 38.3 Å². The van der Waals surface area contributed by atoms with Gasteiger partial charge in [-0.3, -0.25) is 4.79 Å². The van der Waals surface area contributed by atoms with E-state index in [1.54, 1.807) is 5.32 Å². The minimum absolute atomic E-state index is 0.0298. The van der Waals surface area contributed by atoms with Crippen molar-refractivity contribution in [2.24, 2.45) is 0 Å². The molecule has 2 aromatic rings. The number of amides is 1. The average Bonchev–Trinajstić information content (AvgIpc) is 2.64. The fourth-order valence-electron chi connectivity index (χ4n) is 2.31. The summed E-state index contributed by atoms with van der Waals surface area (Å²) in [6, 6.07) is 5.26. The molecule has 1 unspecified atom stereocenters. The number of alkyl halides is 3. The van der Waals surface area contributed by atoms with Crippen molar-refractivity contribution in [3.8, 4) is 11.8 Å². The Morgan fingerprint density at radius 2 is 1.75 bits per heavy atom. The number of nitrogens with zero attached hydrogens (tertiary/aromatic N) is 1. The Bertz CT molecular complexity index is 1090. The molecule has 0 fully saturated rings. The van der Waals surface area contributed by atoms with Crippen molar-refractivity contribution in [2.75, 3.05) is 11.9 Å². The minimum Gasteiger partial charge on any atom is -0.490 e. The molecule has 2 aromatic carbocycles. The third-order valence-electron chi connectivity index (χ3n) is 3.96. The lowest BCUT2D eigenvalue weighted by molar-refractivity contribution is -0.137. The molecule has 0 saturated heterocycles. The highest BCUT2D eigenvalue weighted by atomic mass is 32.5. The number of hydrogen-bond acceptors (Lipinski definition) is 4. The second kappa shape index (κ2) is 7.24. The van der Waals surface area contributed by atoms with Gasteiger partial charge in [-0.1, -0.05) is 25.5 Å². The fourth-order valence-corrected chi connectivity index (χ4v) is 2.98. The first kappa shape index (κ1) is 25.2. The standard InChI is InChI=1S/C18H14F8N2O3S/c1-17(30,10-31-12-3-2-4-13(8-12)32(22,23,24,25)26)16(29)28-15-6-5-11(9-27)7-14(15)18(19,20)21/h2-8,30H,10H2,1H3,(H,28,29). The third-order valence-corrected chi connectivity index (χ3v) is 5.11. The monoisotopic (exact) mass is 490 g/mol. The van der Waals surface area contributed by atoms with Gasteiger partial charge in [-0.15, -0.1) is 0 Å². The van der Waals surface area contributed by atoms with Gasteiger partial charge in [0.1, 0.15) is 17.3 Å². The lowest BCUT2D eigenvalue weighted by Gasteiger charge is -2.40. The number of carbonyl (C=O) groups is 1. The second-order valence-electron chi connectivity index (χ2n) is 6.83. The van der Waals surface area contributed by atoms with Gasteiger partial charge in [0.15, 0.2) is 5.60 Å². The van der Waals surface area contributed by atoms with Crippen molar-refractivity contribution < 1.29 is 47.2 Å². The lowest BCUT2D eigenvalue weighted by Crippen LogP contribution is -2.45. The van der Waals surface area contributed by atoms with Gasteiger partial charge in [0, 0.05) is 6.07 Å². The summed E-state index contributed by atoms with van der Waals surface area (Å²) < 4.78 is 109. The Balaban J connectivity index is 2.21. The second-order valence-corrected chi connectivity index (χ2v) is 9.24. The summed E-state index contributed by atoms with van der Waals surface area (Å²) in [6.45, 7) is -0.298. The molecule has 1 atom stereocenters. The Morgan fingerprint density at radius 1 is 1.12 bits per heavy atom. The number of nitriles is 1. The van der Waals surface area contributed by atoms with E-state index < -0.39 is 56.4 Å². The van der Waals surface area contributed by atoms with Crippen LogP contribution in [0.1, 0.15) is 18.1 Å². The predicted octanol–water partition coefficient (Wildman–Crippen LogP) is 6.00. The maximum atomic E-state index is 13.2. The van der Waals surface area contributed by atoms with Crippen molar-refractivity contribution in [3.63, 3.8) is 0 Å². The molecule has 0 aliphatic rings. The zero-order valence-corrected chi connectivity index (χ0v) is 16.7. The molecule has 2 N–H and O–H groups in total. The number of halogens is 8. The van der Waals surface area contributed by atoms with E-state index in [1.165, 1.54) is 6.07 Å². The molecule has 1 amide bonds. The smallest absolute Gasteiger partial charge is 0.418 e. The molecule has 0 heterocycles. The van der Waals surface area contributed by atoms with E-state index in [2.05, 4.69) is 0 Å². The summed E-state index contributed by atoms with van der Waals surface area (Å²) in [5, 5.41) is 20.7. The van der Waals surface area contributed by atoms with E-state index in [0.717, 1.165) is 25.1 Å². The zero-order chi connectivity index (χ0) is 24.7. The van der Waals surface area contributed by atoms with Gasteiger partial charge in [0.25, 0.3) is 5.91 Å². The zero-order valence-electron chi connectivity index (χ0n) is 15.9. The number of hydrogen-bond donors (Lipinski definition) is 2. The summed E-state index contributed by atoms with van der Waals surface area (Å²) in [4.78, 5) is 9.98. The molecular weight excluding hydrogens is 476 g/mol. The van der Waals surface area contributed by atoms with Gasteiger partial charge in [0.05, 0.1) is 22.9 Å². The van der Waals surface area contributed by atoms with Crippen LogP contribution in [-0.2, 0) is 11.0 Å². The quantitative estimate of drug-likeness (QED) is 0.487. The Kier molecular flexibility index (Phi) is 5.70. The topological polar surface area (TPSA) is 82.3 Å². The van der Waals surface area contributed by atoms with Crippen LogP contribution in [0.25, 0.3) is 0 Å². The minimum atomic E-state index is -10.0. The molecule has 14 heteroatoms. The summed E-state index contributed by atoms with van der Waals surface area (Å²) in [7, 11) is -10.0. The molecule has 0 aliphatic heterocycles. The van der Waals surface area contributed by atoms with E-state index >= 15 is 0 Å². The largest absolute Gasteiger partial charge is 0.490 e. The lowest BCUT2D eigenvalue weighted by atomic mass is 10.1. The molecule has 0 radical (unpaired) electrons. The number of nitrogens with one attached hydrogen (secondary N) is 1. The van der Waals surface area contributed by atoms with Crippen LogP contribution in [0.3, 0.4) is 0 Å². The first-order valence-electron chi connectivity index (χ1n) is 8.35. The number of rotatable bonds is 6. The first-order chi connectivity index (χ1) is 14.2. The molecule has 0 spiro atoms.